The highest BCUT2D eigenvalue weighted by atomic mass is 16.6. The summed E-state index contributed by atoms with van der Waals surface area (Å²) in [6.45, 7) is 8.99. The van der Waals surface area contributed by atoms with E-state index in [2.05, 4.69) is 16.6 Å². The van der Waals surface area contributed by atoms with Crippen molar-refractivity contribution in [3.8, 4) is 18.1 Å². The van der Waals surface area contributed by atoms with Crippen molar-refractivity contribution in [2.75, 3.05) is 5.32 Å². The SMILES string of the molecule is C#Cc1ccccc1C(C(=O)Nc1ccc2ccccc2c1)N(C(=O)C(Cc1ccc(O)cc1)NC(=O)OC(C)(C)C)C(C)CC. The van der Waals surface area contributed by atoms with E-state index in [-0.39, 0.29) is 12.2 Å². The Hall–Kier alpha value is -5.29. The first-order valence-corrected chi connectivity index (χ1v) is 15.3. The number of hydrogen-bond acceptors (Lipinski definition) is 5. The lowest BCUT2D eigenvalue weighted by Gasteiger charge is -2.38. The van der Waals surface area contributed by atoms with Gasteiger partial charge >= 0.3 is 6.09 Å². The van der Waals surface area contributed by atoms with E-state index in [1.54, 1.807) is 57.2 Å². The molecular weight excluding hydrogens is 578 g/mol. The van der Waals surface area contributed by atoms with Crippen LogP contribution in [0.1, 0.15) is 63.8 Å². The molecule has 8 heteroatoms. The first-order valence-electron chi connectivity index (χ1n) is 15.3. The van der Waals surface area contributed by atoms with E-state index in [1.807, 2.05) is 56.3 Å². The smallest absolute Gasteiger partial charge is 0.408 e. The summed E-state index contributed by atoms with van der Waals surface area (Å²) >= 11 is 0. The molecule has 4 rings (SSSR count). The number of nitrogens with one attached hydrogen (secondary N) is 2. The Balaban J connectivity index is 1.80. The largest absolute Gasteiger partial charge is 0.508 e. The number of hydrogen-bond donors (Lipinski definition) is 3. The lowest BCUT2D eigenvalue weighted by atomic mass is 9.94. The standard InChI is InChI=1S/C38H41N3O5/c1-7-25(3)41(36(44)33(40-37(45)46-38(4,5)6)23-26-17-21-31(42)22-18-26)34(32-16-12-11-13-27(32)8-2)35(43)39-30-20-19-28-14-9-10-15-29(28)24-30/h2,9-22,24-25,33-34,42H,7,23H2,1,3-6H3,(H,39,43)(H,40,45). The Morgan fingerprint density at radius 3 is 2.24 bits per heavy atom. The number of amides is 3. The van der Waals surface area contributed by atoms with Gasteiger partial charge in [0.05, 0.1) is 0 Å². The minimum Gasteiger partial charge on any atom is -0.508 e. The van der Waals surface area contributed by atoms with E-state index >= 15 is 0 Å². The van der Waals surface area contributed by atoms with Crippen LogP contribution in [-0.2, 0) is 20.7 Å². The van der Waals surface area contributed by atoms with Gasteiger partial charge in [0.15, 0.2) is 0 Å². The lowest BCUT2D eigenvalue weighted by Crippen LogP contribution is -2.55. The van der Waals surface area contributed by atoms with E-state index in [0.717, 1.165) is 10.8 Å². The topological polar surface area (TPSA) is 108 Å². The molecule has 3 atom stereocenters. The van der Waals surface area contributed by atoms with Crippen molar-refractivity contribution in [3.63, 3.8) is 0 Å². The molecular formula is C38H41N3O5. The summed E-state index contributed by atoms with van der Waals surface area (Å²) in [5, 5.41) is 17.6. The number of carbonyl (C=O) groups is 3. The van der Waals surface area contributed by atoms with Gasteiger partial charge < -0.3 is 25.4 Å². The number of ether oxygens (including phenoxy) is 1. The van der Waals surface area contributed by atoms with E-state index in [0.29, 0.717) is 28.8 Å². The van der Waals surface area contributed by atoms with Crippen molar-refractivity contribution < 1.29 is 24.2 Å². The Kier molecular flexibility index (Phi) is 10.7. The Morgan fingerprint density at radius 1 is 0.935 bits per heavy atom. The summed E-state index contributed by atoms with van der Waals surface area (Å²) in [6.07, 6.45) is 5.74. The zero-order valence-corrected chi connectivity index (χ0v) is 26.9. The fourth-order valence-corrected chi connectivity index (χ4v) is 5.26. The highest BCUT2D eigenvalue weighted by Gasteiger charge is 2.39. The number of rotatable bonds is 10. The van der Waals surface area contributed by atoms with Crippen molar-refractivity contribution in [1.29, 1.82) is 0 Å². The number of phenolic OH excluding ortho intramolecular Hbond substituents is 1. The molecule has 0 saturated heterocycles. The number of carbonyl (C=O) groups excluding carboxylic acids is 3. The molecule has 0 heterocycles. The zero-order valence-electron chi connectivity index (χ0n) is 26.9. The van der Waals surface area contributed by atoms with E-state index in [9.17, 15) is 19.5 Å². The van der Waals surface area contributed by atoms with Gasteiger partial charge in [0.25, 0.3) is 5.91 Å². The molecule has 0 aliphatic heterocycles. The number of aromatic hydroxyl groups is 1. The van der Waals surface area contributed by atoms with E-state index in [4.69, 9.17) is 11.2 Å². The Morgan fingerprint density at radius 2 is 1.59 bits per heavy atom. The number of terminal acetylenes is 1. The Labute approximate surface area is 270 Å². The highest BCUT2D eigenvalue weighted by molar-refractivity contribution is 6.01. The molecule has 8 nitrogen and oxygen atoms in total. The van der Waals surface area contributed by atoms with Gasteiger partial charge in [-0.05, 0) is 86.3 Å². The summed E-state index contributed by atoms with van der Waals surface area (Å²) in [5.74, 6) is 1.81. The van der Waals surface area contributed by atoms with Gasteiger partial charge in [-0.25, -0.2) is 4.79 Å². The van der Waals surface area contributed by atoms with Gasteiger partial charge in [-0.3, -0.25) is 9.59 Å². The molecule has 0 radical (unpaired) electrons. The molecule has 3 unspecified atom stereocenters. The summed E-state index contributed by atoms with van der Waals surface area (Å²) in [7, 11) is 0. The van der Waals surface area contributed by atoms with Crippen molar-refractivity contribution in [1.82, 2.24) is 10.2 Å². The molecule has 3 amide bonds. The van der Waals surface area contributed by atoms with Gasteiger partial charge in [0.1, 0.15) is 23.4 Å². The lowest BCUT2D eigenvalue weighted by molar-refractivity contribution is -0.143. The molecule has 0 aliphatic rings. The molecule has 0 spiro atoms. The van der Waals surface area contributed by atoms with E-state index < -0.39 is 41.6 Å². The van der Waals surface area contributed by atoms with Crippen LogP contribution in [0.4, 0.5) is 10.5 Å². The van der Waals surface area contributed by atoms with Gasteiger partial charge in [-0.15, -0.1) is 6.42 Å². The van der Waals surface area contributed by atoms with Gasteiger partial charge in [-0.2, -0.15) is 0 Å². The molecule has 238 valence electrons. The second kappa shape index (κ2) is 14.7. The van der Waals surface area contributed by atoms with Crippen LogP contribution in [-0.4, -0.2) is 45.6 Å². The molecule has 0 aromatic heterocycles. The third kappa shape index (κ3) is 8.45. The number of alkyl carbamates (subject to hydrolysis) is 1. The second-order valence-electron chi connectivity index (χ2n) is 12.3. The summed E-state index contributed by atoms with van der Waals surface area (Å²) in [6, 6.07) is 24.2. The fourth-order valence-electron chi connectivity index (χ4n) is 5.26. The predicted molar refractivity (Wildman–Crippen MR) is 181 cm³/mol. The average molecular weight is 620 g/mol. The first kappa shape index (κ1) is 33.6. The number of nitrogens with zero attached hydrogens (tertiary/aromatic N) is 1. The maximum absolute atomic E-state index is 14.7. The second-order valence-corrected chi connectivity index (χ2v) is 12.3. The molecule has 0 fully saturated rings. The highest BCUT2D eigenvalue weighted by Crippen LogP contribution is 2.31. The quantitative estimate of drug-likeness (QED) is 0.166. The predicted octanol–water partition coefficient (Wildman–Crippen LogP) is 6.97. The normalized spacial score (nSPS) is 13.1. The molecule has 46 heavy (non-hydrogen) atoms. The minimum atomic E-state index is -1.14. The monoisotopic (exact) mass is 619 g/mol. The molecule has 4 aromatic rings. The van der Waals surface area contributed by atoms with Gasteiger partial charge in [0.2, 0.25) is 5.91 Å². The van der Waals surface area contributed by atoms with E-state index in [1.165, 1.54) is 17.0 Å². The maximum atomic E-state index is 14.7. The van der Waals surface area contributed by atoms with Crippen molar-refractivity contribution >= 4 is 34.4 Å². The van der Waals surface area contributed by atoms with Crippen LogP contribution in [0.2, 0.25) is 0 Å². The number of phenols is 1. The minimum absolute atomic E-state index is 0.0734. The molecule has 0 aliphatic carbocycles. The van der Waals surface area contributed by atoms with Gasteiger partial charge in [-0.1, -0.05) is 73.5 Å². The molecule has 4 aromatic carbocycles. The van der Waals surface area contributed by atoms with Gasteiger partial charge in [0, 0.05) is 23.7 Å². The van der Waals surface area contributed by atoms with Crippen molar-refractivity contribution in [3.05, 3.63) is 108 Å². The first-order chi connectivity index (χ1) is 21.9. The van der Waals surface area contributed by atoms with Crippen LogP contribution in [0.15, 0.2) is 91.0 Å². The summed E-state index contributed by atoms with van der Waals surface area (Å²) < 4.78 is 5.52. The maximum Gasteiger partial charge on any atom is 0.408 e. The van der Waals surface area contributed by atoms with Crippen LogP contribution in [0, 0.1) is 12.3 Å². The summed E-state index contributed by atoms with van der Waals surface area (Å²) in [4.78, 5) is 43.7. The van der Waals surface area contributed by atoms with Crippen molar-refractivity contribution in [2.24, 2.45) is 0 Å². The Bertz CT molecular complexity index is 1740. The fraction of sp³-hybridized carbons (Fsp3) is 0.289. The molecule has 3 N–H and O–H groups in total. The third-order valence-corrected chi connectivity index (χ3v) is 7.64. The van der Waals surface area contributed by atoms with Crippen LogP contribution in [0.25, 0.3) is 10.8 Å². The number of fused-ring (bicyclic) bond motifs is 1. The van der Waals surface area contributed by atoms with Crippen LogP contribution < -0.4 is 10.6 Å². The van der Waals surface area contributed by atoms with Crippen LogP contribution in [0.3, 0.4) is 0 Å². The molecule has 0 bridgehead atoms. The zero-order chi connectivity index (χ0) is 33.4. The van der Waals surface area contributed by atoms with Crippen LogP contribution >= 0.6 is 0 Å². The van der Waals surface area contributed by atoms with Crippen LogP contribution in [0.5, 0.6) is 5.75 Å². The number of benzene rings is 4. The van der Waals surface area contributed by atoms with Crippen molar-refractivity contribution in [2.45, 2.75) is 71.2 Å². The molecule has 0 saturated carbocycles. The number of anilines is 1. The third-order valence-electron chi connectivity index (χ3n) is 7.64. The average Bonchev–Trinajstić information content (AvgIpc) is 3.02. The summed E-state index contributed by atoms with van der Waals surface area (Å²) in [5.41, 5.74) is 1.41.